The topological polar surface area (TPSA) is 71.5 Å². The van der Waals surface area contributed by atoms with E-state index in [9.17, 15) is 9.59 Å². The molecular weight excluding hydrogens is 270 g/mol. The van der Waals surface area contributed by atoms with Crippen molar-refractivity contribution in [2.75, 3.05) is 18.5 Å². The van der Waals surface area contributed by atoms with Crippen LogP contribution in [0.2, 0.25) is 0 Å². The van der Waals surface area contributed by atoms with Crippen LogP contribution in [-0.4, -0.2) is 36.2 Å². The van der Waals surface area contributed by atoms with Gasteiger partial charge in [0, 0.05) is 26.2 Å². The minimum atomic E-state index is -0.513. The zero-order valence-corrected chi connectivity index (χ0v) is 13.0. The summed E-state index contributed by atoms with van der Waals surface area (Å²) in [6, 6.07) is 3.60. The molecule has 21 heavy (non-hydrogen) atoms. The summed E-state index contributed by atoms with van der Waals surface area (Å²) in [5, 5.41) is 2.63. The number of amides is 2. The molecule has 1 aromatic heterocycles. The molecule has 1 aromatic rings. The molecule has 6 heteroatoms. The van der Waals surface area contributed by atoms with E-state index >= 15 is 0 Å². The fourth-order valence-electron chi connectivity index (χ4n) is 1.61. The van der Waals surface area contributed by atoms with Crippen LogP contribution < -0.4 is 10.2 Å². The maximum Gasteiger partial charge on any atom is 0.407 e. The SMILES string of the molecule is CN(C(=O)CCCNC(=O)OC(C)(C)C)c1cccnc1. The molecule has 2 amide bonds. The normalized spacial score (nSPS) is 10.9. The molecule has 0 bridgehead atoms. The van der Waals surface area contributed by atoms with Crippen LogP contribution in [0.4, 0.5) is 10.5 Å². The second kappa shape index (κ2) is 7.61. The number of ether oxygens (including phenoxy) is 1. The van der Waals surface area contributed by atoms with Crippen LogP contribution in [-0.2, 0) is 9.53 Å². The Bertz CT molecular complexity index is 469. The van der Waals surface area contributed by atoms with Crippen LogP contribution in [0.3, 0.4) is 0 Å². The van der Waals surface area contributed by atoms with E-state index < -0.39 is 11.7 Å². The fraction of sp³-hybridized carbons (Fsp3) is 0.533. The Kier molecular flexibility index (Phi) is 6.14. The molecule has 0 aliphatic carbocycles. The highest BCUT2D eigenvalue weighted by atomic mass is 16.6. The first-order valence-corrected chi connectivity index (χ1v) is 6.93. The molecule has 0 aliphatic rings. The Labute approximate surface area is 125 Å². The monoisotopic (exact) mass is 293 g/mol. The van der Waals surface area contributed by atoms with Gasteiger partial charge in [-0.2, -0.15) is 0 Å². The summed E-state index contributed by atoms with van der Waals surface area (Å²) in [5.41, 5.74) is 0.239. The molecule has 0 atom stereocenters. The summed E-state index contributed by atoms with van der Waals surface area (Å²) >= 11 is 0. The second-order valence-electron chi connectivity index (χ2n) is 5.70. The summed E-state index contributed by atoms with van der Waals surface area (Å²) in [6.45, 7) is 5.82. The third-order valence-electron chi connectivity index (χ3n) is 2.64. The van der Waals surface area contributed by atoms with E-state index in [-0.39, 0.29) is 5.91 Å². The molecular formula is C15H23N3O3. The fourth-order valence-corrected chi connectivity index (χ4v) is 1.61. The first kappa shape index (κ1) is 16.9. The van der Waals surface area contributed by atoms with Gasteiger partial charge in [-0.25, -0.2) is 4.79 Å². The third-order valence-corrected chi connectivity index (χ3v) is 2.64. The van der Waals surface area contributed by atoms with E-state index in [1.165, 1.54) is 0 Å². The van der Waals surface area contributed by atoms with Crippen molar-refractivity contribution >= 4 is 17.7 Å². The molecule has 6 nitrogen and oxygen atoms in total. The number of carbonyl (C=O) groups excluding carboxylic acids is 2. The van der Waals surface area contributed by atoms with E-state index in [0.29, 0.717) is 19.4 Å². The van der Waals surface area contributed by atoms with E-state index in [2.05, 4.69) is 10.3 Å². The van der Waals surface area contributed by atoms with Gasteiger partial charge in [-0.15, -0.1) is 0 Å². The lowest BCUT2D eigenvalue weighted by molar-refractivity contribution is -0.118. The van der Waals surface area contributed by atoms with Crippen molar-refractivity contribution in [1.29, 1.82) is 0 Å². The Morgan fingerprint density at radius 3 is 2.67 bits per heavy atom. The zero-order chi connectivity index (χ0) is 15.9. The number of nitrogens with one attached hydrogen (secondary N) is 1. The van der Waals surface area contributed by atoms with E-state index in [1.54, 1.807) is 51.2 Å². The number of alkyl carbamates (subject to hydrolysis) is 1. The molecule has 0 saturated heterocycles. The summed E-state index contributed by atoms with van der Waals surface area (Å²) < 4.78 is 5.11. The van der Waals surface area contributed by atoms with E-state index in [1.807, 2.05) is 6.07 Å². The van der Waals surface area contributed by atoms with Gasteiger partial charge in [0.05, 0.1) is 11.9 Å². The zero-order valence-electron chi connectivity index (χ0n) is 13.0. The van der Waals surface area contributed by atoms with Crippen LogP contribution in [0.25, 0.3) is 0 Å². The predicted octanol–water partition coefficient (Wildman–Crippen LogP) is 2.35. The number of nitrogens with zero attached hydrogens (tertiary/aromatic N) is 2. The lowest BCUT2D eigenvalue weighted by atomic mass is 10.2. The lowest BCUT2D eigenvalue weighted by Gasteiger charge is -2.20. The van der Waals surface area contributed by atoms with Crippen LogP contribution >= 0.6 is 0 Å². The molecule has 1 heterocycles. The van der Waals surface area contributed by atoms with Crippen LogP contribution in [0.15, 0.2) is 24.5 Å². The van der Waals surface area contributed by atoms with Gasteiger partial charge in [-0.1, -0.05) is 0 Å². The quantitative estimate of drug-likeness (QED) is 0.846. The first-order chi connectivity index (χ1) is 9.79. The summed E-state index contributed by atoms with van der Waals surface area (Å²) in [7, 11) is 1.71. The van der Waals surface area contributed by atoms with Gasteiger partial charge in [0.25, 0.3) is 0 Å². The van der Waals surface area contributed by atoms with Gasteiger partial charge in [0.15, 0.2) is 0 Å². The average molecular weight is 293 g/mol. The van der Waals surface area contributed by atoms with Gasteiger partial charge in [-0.05, 0) is 39.3 Å². The largest absolute Gasteiger partial charge is 0.444 e. The maximum absolute atomic E-state index is 12.0. The Morgan fingerprint density at radius 2 is 2.10 bits per heavy atom. The number of rotatable bonds is 5. The smallest absolute Gasteiger partial charge is 0.407 e. The number of anilines is 1. The van der Waals surface area contributed by atoms with Gasteiger partial charge >= 0.3 is 6.09 Å². The summed E-state index contributed by atoms with van der Waals surface area (Å²) in [6.07, 6.45) is 3.74. The standard InChI is InChI=1S/C15H23N3O3/c1-15(2,3)21-14(20)17-10-6-8-13(19)18(4)12-7-5-9-16-11-12/h5,7,9,11H,6,8,10H2,1-4H3,(H,17,20). The molecule has 0 spiro atoms. The van der Waals surface area contributed by atoms with Crippen molar-refractivity contribution in [3.63, 3.8) is 0 Å². The maximum atomic E-state index is 12.0. The summed E-state index contributed by atoms with van der Waals surface area (Å²) in [4.78, 5) is 28.9. The molecule has 0 aromatic carbocycles. The molecule has 116 valence electrons. The highest BCUT2D eigenvalue weighted by Gasteiger charge is 2.16. The van der Waals surface area contributed by atoms with E-state index in [0.717, 1.165) is 5.69 Å². The van der Waals surface area contributed by atoms with Crippen molar-refractivity contribution in [2.45, 2.75) is 39.2 Å². The molecule has 0 saturated carbocycles. The van der Waals surface area contributed by atoms with E-state index in [4.69, 9.17) is 4.74 Å². The Morgan fingerprint density at radius 1 is 1.38 bits per heavy atom. The highest BCUT2D eigenvalue weighted by molar-refractivity contribution is 5.92. The number of carbonyl (C=O) groups is 2. The molecule has 0 fully saturated rings. The first-order valence-electron chi connectivity index (χ1n) is 6.93. The van der Waals surface area contributed by atoms with Gasteiger partial charge in [-0.3, -0.25) is 9.78 Å². The Hall–Kier alpha value is -2.11. The lowest BCUT2D eigenvalue weighted by Crippen LogP contribution is -2.33. The van der Waals surface area contributed by atoms with Crippen molar-refractivity contribution < 1.29 is 14.3 Å². The number of hydrogen-bond donors (Lipinski definition) is 1. The molecule has 1 rings (SSSR count). The Balaban J connectivity index is 2.27. The molecule has 1 N–H and O–H groups in total. The van der Waals surface area contributed by atoms with Gasteiger partial charge in [0.2, 0.25) is 5.91 Å². The van der Waals surface area contributed by atoms with Crippen LogP contribution in [0.1, 0.15) is 33.6 Å². The molecule has 0 radical (unpaired) electrons. The van der Waals surface area contributed by atoms with Crippen molar-refractivity contribution in [1.82, 2.24) is 10.3 Å². The third kappa shape index (κ3) is 6.74. The average Bonchev–Trinajstić information content (AvgIpc) is 2.41. The van der Waals surface area contributed by atoms with Gasteiger partial charge in [0.1, 0.15) is 5.60 Å². The minimum absolute atomic E-state index is 0.0195. The molecule has 0 unspecified atom stereocenters. The number of aromatic nitrogens is 1. The highest BCUT2D eigenvalue weighted by Crippen LogP contribution is 2.11. The predicted molar refractivity (Wildman–Crippen MR) is 81.1 cm³/mol. The minimum Gasteiger partial charge on any atom is -0.444 e. The van der Waals surface area contributed by atoms with Crippen molar-refractivity contribution in [3.05, 3.63) is 24.5 Å². The number of hydrogen-bond acceptors (Lipinski definition) is 4. The molecule has 0 aliphatic heterocycles. The van der Waals surface area contributed by atoms with Crippen molar-refractivity contribution in [2.24, 2.45) is 0 Å². The van der Waals surface area contributed by atoms with Crippen LogP contribution in [0, 0.1) is 0 Å². The number of pyridine rings is 1. The van der Waals surface area contributed by atoms with Gasteiger partial charge < -0.3 is 15.0 Å². The second-order valence-corrected chi connectivity index (χ2v) is 5.70. The summed E-state index contributed by atoms with van der Waals surface area (Å²) in [5.74, 6) is -0.0195. The van der Waals surface area contributed by atoms with Crippen LogP contribution in [0.5, 0.6) is 0 Å². The van der Waals surface area contributed by atoms with Crippen molar-refractivity contribution in [3.8, 4) is 0 Å².